The van der Waals surface area contributed by atoms with Crippen molar-refractivity contribution in [3.8, 4) is 0 Å². The van der Waals surface area contributed by atoms with E-state index in [0.717, 1.165) is 21.8 Å². The predicted molar refractivity (Wildman–Crippen MR) is 80.0 cm³/mol. The molecule has 2 aromatic rings. The maximum atomic E-state index is 6.12. The van der Waals surface area contributed by atoms with E-state index in [1.54, 1.807) is 0 Å². The highest BCUT2D eigenvalue weighted by atomic mass is 35.5. The number of benzene rings is 2. The molecule has 0 fully saturated rings. The Hall–Kier alpha value is -0.890. The highest BCUT2D eigenvalue weighted by Gasteiger charge is 2.06. The Labute approximate surface area is 122 Å². The average molecular weight is 301 g/mol. The molecule has 0 bridgehead atoms. The smallest absolute Gasteiger partial charge is 0.0470 e. The lowest BCUT2D eigenvalue weighted by molar-refractivity contribution is 1.14. The largest absolute Gasteiger partial charge is 0.381 e. The maximum absolute atomic E-state index is 6.12. The van der Waals surface area contributed by atoms with Gasteiger partial charge >= 0.3 is 0 Å². The Morgan fingerprint density at radius 3 is 2.11 bits per heavy atom. The van der Waals surface area contributed by atoms with Gasteiger partial charge in [-0.3, -0.25) is 0 Å². The van der Waals surface area contributed by atoms with E-state index in [1.165, 1.54) is 0 Å². The number of hydrogen-bond acceptors (Lipinski definition) is 1. The van der Waals surface area contributed by atoms with E-state index in [2.05, 4.69) is 5.32 Å². The van der Waals surface area contributed by atoms with E-state index in [9.17, 15) is 0 Å². The van der Waals surface area contributed by atoms with Gasteiger partial charge in [-0.25, -0.2) is 0 Å². The molecule has 0 heterocycles. The van der Waals surface area contributed by atoms with Gasteiger partial charge in [-0.1, -0.05) is 46.9 Å². The summed E-state index contributed by atoms with van der Waals surface area (Å²) in [7, 11) is 0. The first-order chi connectivity index (χ1) is 8.59. The zero-order valence-electron chi connectivity index (χ0n) is 9.81. The third kappa shape index (κ3) is 2.92. The number of anilines is 1. The molecule has 0 saturated heterocycles. The first kappa shape index (κ1) is 13.5. The summed E-state index contributed by atoms with van der Waals surface area (Å²) >= 11 is 18.3. The zero-order valence-corrected chi connectivity index (χ0v) is 12.1. The van der Waals surface area contributed by atoms with Crippen molar-refractivity contribution in [3.63, 3.8) is 0 Å². The van der Waals surface area contributed by atoms with Crippen molar-refractivity contribution >= 4 is 40.5 Å². The van der Waals surface area contributed by atoms with Crippen molar-refractivity contribution in [2.45, 2.75) is 13.5 Å². The summed E-state index contributed by atoms with van der Waals surface area (Å²) in [5, 5.41) is 5.36. The summed E-state index contributed by atoms with van der Waals surface area (Å²) < 4.78 is 0. The first-order valence-corrected chi connectivity index (χ1v) is 6.65. The minimum absolute atomic E-state index is 0.569. The third-order valence-electron chi connectivity index (χ3n) is 2.78. The second kappa shape index (κ2) is 5.83. The molecule has 0 spiro atoms. The molecule has 18 heavy (non-hydrogen) atoms. The van der Waals surface area contributed by atoms with Crippen LogP contribution in [0, 0.1) is 6.92 Å². The molecule has 0 unspecified atom stereocenters. The van der Waals surface area contributed by atoms with Crippen LogP contribution in [0.25, 0.3) is 0 Å². The van der Waals surface area contributed by atoms with Crippen LogP contribution in [0.1, 0.15) is 11.1 Å². The molecule has 0 atom stereocenters. The molecule has 94 valence electrons. The van der Waals surface area contributed by atoms with Gasteiger partial charge in [0, 0.05) is 32.9 Å². The molecule has 0 aromatic heterocycles. The van der Waals surface area contributed by atoms with E-state index in [0.29, 0.717) is 16.6 Å². The summed E-state index contributed by atoms with van der Waals surface area (Å²) in [4.78, 5) is 0. The summed E-state index contributed by atoms with van der Waals surface area (Å²) in [5.74, 6) is 0. The van der Waals surface area contributed by atoms with Gasteiger partial charge in [-0.05, 0) is 36.8 Å². The van der Waals surface area contributed by atoms with Gasteiger partial charge in [-0.2, -0.15) is 0 Å². The minimum Gasteiger partial charge on any atom is -0.381 e. The predicted octanol–water partition coefficient (Wildman–Crippen LogP) is 5.57. The molecule has 0 radical (unpaired) electrons. The molecule has 1 nitrogen and oxygen atoms in total. The van der Waals surface area contributed by atoms with Crippen molar-refractivity contribution < 1.29 is 0 Å². The second-order valence-electron chi connectivity index (χ2n) is 3.97. The Morgan fingerprint density at radius 2 is 1.44 bits per heavy atom. The third-order valence-corrected chi connectivity index (χ3v) is 3.90. The van der Waals surface area contributed by atoms with Crippen LogP contribution in [0.4, 0.5) is 5.69 Å². The summed E-state index contributed by atoms with van der Waals surface area (Å²) in [6.07, 6.45) is 0. The molecule has 0 amide bonds. The van der Waals surface area contributed by atoms with Gasteiger partial charge in [0.05, 0.1) is 0 Å². The molecule has 2 aromatic carbocycles. The maximum Gasteiger partial charge on any atom is 0.0470 e. The lowest BCUT2D eigenvalue weighted by Gasteiger charge is -2.12. The summed E-state index contributed by atoms with van der Waals surface area (Å²) in [6.45, 7) is 2.54. The second-order valence-corrected chi connectivity index (χ2v) is 5.19. The molecular weight excluding hydrogens is 289 g/mol. The minimum atomic E-state index is 0.569. The fraction of sp³-hybridized carbons (Fsp3) is 0.143. The van der Waals surface area contributed by atoms with Crippen LogP contribution in [0.5, 0.6) is 0 Å². The molecule has 4 heteroatoms. The van der Waals surface area contributed by atoms with Gasteiger partial charge in [-0.15, -0.1) is 0 Å². The van der Waals surface area contributed by atoms with Crippen LogP contribution in [-0.4, -0.2) is 0 Å². The lowest BCUT2D eigenvalue weighted by atomic mass is 10.1. The van der Waals surface area contributed by atoms with E-state index < -0.39 is 0 Å². The number of nitrogens with one attached hydrogen (secondary N) is 1. The van der Waals surface area contributed by atoms with Gasteiger partial charge in [0.1, 0.15) is 0 Å². The fourth-order valence-corrected chi connectivity index (χ4v) is 2.39. The molecule has 0 aliphatic rings. The standard InChI is InChI=1S/C14H12Cl3N/c1-9-11(15)4-3-7-14(9)18-8-10-12(16)5-2-6-13(10)17/h2-7,18H,8H2,1H3. The van der Waals surface area contributed by atoms with E-state index in [1.807, 2.05) is 43.3 Å². The van der Waals surface area contributed by atoms with E-state index in [4.69, 9.17) is 34.8 Å². The van der Waals surface area contributed by atoms with E-state index >= 15 is 0 Å². The number of rotatable bonds is 3. The Kier molecular flexibility index (Phi) is 4.39. The Morgan fingerprint density at radius 1 is 0.889 bits per heavy atom. The van der Waals surface area contributed by atoms with Crippen molar-refractivity contribution in [3.05, 3.63) is 62.6 Å². The lowest BCUT2D eigenvalue weighted by Crippen LogP contribution is -2.02. The molecule has 0 saturated carbocycles. The molecule has 0 aliphatic heterocycles. The van der Waals surface area contributed by atoms with Crippen molar-refractivity contribution in [2.24, 2.45) is 0 Å². The SMILES string of the molecule is Cc1c(Cl)cccc1NCc1c(Cl)cccc1Cl. The van der Waals surface area contributed by atoms with Crippen LogP contribution in [0.3, 0.4) is 0 Å². The van der Waals surface area contributed by atoms with Crippen LogP contribution < -0.4 is 5.32 Å². The van der Waals surface area contributed by atoms with Crippen molar-refractivity contribution in [1.29, 1.82) is 0 Å². The number of halogens is 3. The quantitative estimate of drug-likeness (QED) is 0.781. The topological polar surface area (TPSA) is 12.0 Å². The van der Waals surface area contributed by atoms with Gasteiger partial charge in [0.15, 0.2) is 0 Å². The summed E-state index contributed by atoms with van der Waals surface area (Å²) in [6, 6.07) is 11.2. The van der Waals surface area contributed by atoms with E-state index in [-0.39, 0.29) is 0 Å². The highest BCUT2D eigenvalue weighted by Crippen LogP contribution is 2.27. The molecule has 0 aliphatic carbocycles. The van der Waals surface area contributed by atoms with Gasteiger partial charge in [0.2, 0.25) is 0 Å². The monoisotopic (exact) mass is 299 g/mol. The van der Waals surface area contributed by atoms with Gasteiger partial charge in [0.25, 0.3) is 0 Å². The van der Waals surface area contributed by atoms with Crippen LogP contribution in [0.15, 0.2) is 36.4 Å². The van der Waals surface area contributed by atoms with Crippen LogP contribution >= 0.6 is 34.8 Å². The Bertz CT molecular complexity index is 547. The first-order valence-electron chi connectivity index (χ1n) is 5.51. The molecule has 2 rings (SSSR count). The van der Waals surface area contributed by atoms with Crippen LogP contribution in [-0.2, 0) is 6.54 Å². The van der Waals surface area contributed by atoms with Crippen molar-refractivity contribution in [1.82, 2.24) is 0 Å². The van der Waals surface area contributed by atoms with Crippen molar-refractivity contribution in [2.75, 3.05) is 5.32 Å². The average Bonchev–Trinajstić information content (AvgIpc) is 2.33. The zero-order chi connectivity index (χ0) is 13.1. The Balaban J connectivity index is 2.19. The molecular formula is C14H12Cl3N. The highest BCUT2D eigenvalue weighted by molar-refractivity contribution is 6.36. The normalized spacial score (nSPS) is 10.4. The number of hydrogen-bond donors (Lipinski definition) is 1. The summed E-state index contributed by atoms with van der Waals surface area (Å²) in [5.41, 5.74) is 2.89. The van der Waals surface area contributed by atoms with Crippen LogP contribution in [0.2, 0.25) is 15.1 Å². The van der Waals surface area contributed by atoms with Gasteiger partial charge < -0.3 is 5.32 Å². The fourth-order valence-electron chi connectivity index (χ4n) is 1.68. The molecule has 1 N–H and O–H groups in total.